The van der Waals surface area contributed by atoms with Gasteiger partial charge in [-0.25, -0.2) is 9.97 Å². The van der Waals surface area contributed by atoms with Gasteiger partial charge in [-0.1, -0.05) is 12.8 Å². The smallest absolute Gasteiger partial charge is 0.225 e. The zero-order valence-corrected chi connectivity index (χ0v) is 9.76. The van der Waals surface area contributed by atoms with Crippen LogP contribution < -0.4 is 4.90 Å². The molecule has 1 aromatic heterocycles. The summed E-state index contributed by atoms with van der Waals surface area (Å²) in [6.45, 7) is 2.77. The van der Waals surface area contributed by atoms with E-state index in [-0.39, 0.29) is 6.61 Å². The number of aliphatic hydroxyl groups is 1. The van der Waals surface area contributed by atoms with Gasteiger partial charge >= 0.3 is 0 Å². The predicted molar refractivity (Wildman–Crippen MR) is 63.5 cm³/mol. The van der Waals surface area contributed by atoms with Crippen LogP contribution in [-0.4, -0.2) is 34.3 Å². The topological polar surface area (TPSA) is 49.2 Å². The fraction of sp³-hybridized carbons (Fsp3) is 0.667. The highest BCUT2D eigenvalue weighted by Gasteiger charge is 2.23. The first-order chi connectivity index (χ1) is 7.81. The van der Waals surface area contributed by atoms with Crippen molar-refractivity contribution < 1.29 is 5.11 Å². The monoisotopic (exact) mass is 221 g/mol. The van der Waals surface area contributed by atoms with Crippen LogP contribution in [0.2, 0.25) is 0 Å². The first-order valence-corrected chi connectivity index (χ1v) is 5.97. The van der Waals surface area contributed by atoms with Gasteiger partial charge in [0, 0.05) is 25.0 Å². The molecule has 0 aliphatic heterocycles. The number of hydrogen-bond donors (Lipinski definition) is 1. The Morgan fingerprint density at radius 3 is 2.50 bits per heavy atom. The van der Waals surface area contributed by atoms with Crippen LogP contribution in [0.4, 0.5) is 5.95 Å². The molecule has 0 unspecified atom stereocenters. The minimum absolute atomic E-state index is 0.160. The Balaban J connectivity index is 2.14. The Hall–Kier alpha value is -1.16. The third kappa shape index (κ3) is 2.50. The van der Waals surface area contributed by atoms with E-state index in [9.17, 15) is 0 Å². The molecule has 1 heterocycles. The van der Waals surface area contributed by atoms with E-state index in [0.29, 0.717) is 12.6 Å². The maximum absolute atomic E-state index is 9.12. The molecule has 1 N–H and O–H groups in total. The second-order valence-electron chi connectivity index (χ2n) is 4.42. The molecule has 1 aliphatic rings. The molecule has 1 aromatic rings. The minimum atomic E-state index is 0.160. The number of aromatic nitrogens is 2. The maximum Gasteiger partial charge on any atom is 0.225 e. The van der Waals surface area contributed by atoms with Crippen LogP contribution in [-0.2, 0) is 0 Å². The fourth-order valence-corrected chi connectivity index (χ4v) is 2.30. The van der Waals surface area contributed by atoms with Crippen molar-refractivity contribution in [2.75, 3.05) is 18.1 Å². The van der Waals surface area contributed by atoms with Crippen LogP contribution in [0.3, 0.4) is 0 Å². The highest BCUT2D eigenvalue weighted by Crippen LogP contribution is 2.25. The average Bonchev–Trinajstić information content (AvgIpc) is 2.81. The van der Waals surface area contributed by atoms with Gasteiger partial charge < -0.3 is 10.0 Å². The van der Waals surface area contributed by atoms with E-state index in [2.05, 4.69) is 14.9 Å². The number of aliphatic hydroxyl groups excluding tert-OH is 1. The van der Waals surface area contributed by atoms with Crippen LogP contribution in [0.25, 0.3) is 0 Å². The summed E-state index contributed by atoms with van der Waals surface area (Å²) in [6.07, 6.45) is 8.61. The van der Waals surface area contributed by atoms with Crippen LogP contribution in [0.15, 0.2) is 12.4 Å². The maximum atomic E-state index is 9.12. The molecule has 0 saturated heterocycles. The summed E-state index contributed by atoms with van der Waals surface area (Å²) in [5.74, 6) is 0.756. The van der Waals surface area contributed by atoms with Gasteiger partial charge in [-0.15, -0.1) is 0 Å². The van der Waals surface area contributed by atoms with Gasteiger partial charge in [0.05, 0.1) is 6.61 Å². The van der Waals surface area contributed by atoms with Crippen LogP contribution in [0.5, 0.6) is 0 Å². The molecule has 1 saturated carbocycles. The first-order valence-electron chi connectivity index (χ1n) is 5.97. The number of anilines is 1. The summed E-state index contributed by atoms with van der Waals surface area (Å²) in [5, 5.41) is 9.12. The molecule has 0 spiro atoms. The Labute approximate surface area is 96.3 Å². The van der Waals surface area contributed by atoms with Gasteiger partial charge in [-0.3, -0.25) is 0 Å². The molecule has 0 radical (unpaired) electrons. The normalized spacial score (nSPS) is 16.6. The quantitative estimate of drug-likeness (QED) is 0.837. The molecule has 0 atom stereocenters. The van der Waals surface area contributed by atoms with E-state index in [1.165, 1.54) is 25.7 Å². The van der Waals surface area contributed by atoms with Gasteiger partial charge in [0.2, 0.25) is 5.95 Å². The zero-order chi connectivity index (χ0) is 11.4. The van der Waals surface area contributed by atoms with E-state index < -0.39 is 0 Å². The first kappa shape index (κ1) is 11.3. The highest BCUT2D eigenvalue weighted by atomic mass is 16.3. The summed E-state index contributed by atoms with van der Waals surface area (Å²) in [5.41, 5.74) is 1.07. The molecule has 0 aromatic carbocycles. The van der Waals surface area contributed by atoms with Crippen LogP contribution in [0.1, 0.15) is 31.2 Å². The van der Waals surface area contributed by atoms with E-state index >= 15 is 0 Å². The summed E-state index contributed by atoms with van der Waals surface area (Å²) >= 11 is 0. The van der Waals surface area contributed by atoms with Crippen molar-refractivity contribution in [2.24, 2.45) is 0 Å². The molecule has 0 amide bonds. The third-order valence-electron chi connectivity index (χ3n) is 3.13. The molecule has 4 nitrogen and oxygen atoms in total. The standard InChI is InChI=1S/C12H19N3O/c1-10-8-13-12(14-9-10)15(6-7-16)11-4-2-3-5-11/h8-9,11,16H,2-7H2,1H3. The molecule has 4 heteroatoms. The third-order valence-corrected chi connectivity index (χ3v) is 3.13. The Morgan fingerprint density at radius 2 is 1.94 bits per heavy atom. The van der Waals surface area contributed by atoms with E-state index in [4.69, 9.17) is 5.11 Å². The fourth-order valence-electron chi connectivity index (χ4n) is 2.30. The number of nitrogens with zero attached hydrogens (tertiary/aromatic N) is 3. The molecular weight excluding hydrogens is 202 g/mol. The molecule has 16 heavy (non-hydrogen) atoms. The summed E-state index contributed by atoms with van der Waals surface area (Å²) in [4.78, 5) is 10.8. The second kappa shape index (κ2) is 5.25. The van der Waals surface area contributed by atoms with Crippen molar-refractivity contribution in [2.45, 2.75) is 38.6 Å². The highest BCUT2D eigenvalue weighted by molar-refractivity contribution is 5.32. The van der Waals surface area contributed by atoms with E-state index in [0.717, 1.165) is 11.5 Å². The van der Waals surface area contributed by atoms with Crippen molar-refractivity contribution in [1.29, 1.82) is 0 Å². The lowest BCUT2D eigenvalue weighted by Crippen LogP contribution is -2.37. The zero-order valence-electron chi connectivity index (χ0n) is 9.76. The van der Waals surface area contributed by atoms with Crippen molar-refractivity contribution in [3.63, 3.8) is 0 Å². The summed E-state index contributed by atoms with van der Waals surface area (Å²) in [6, 6.07) is 0.509. The van der Waals surface area contributed by atoms with Crippen molar-refractivity contribution in [1.82, 2.24) is 9.97 Å². The van der Waals surface area contributed by atoms with Gasteiger partial charge in [0.25, 0.3) is 0 Å². The molecular formula is C12H19N3O. The van der Waals surface area contributed by atoms with Crippen molar-refractivity contribution >= 4 is 5.95 Å². The van der Waals surface area contributed by atoms with Gasteiger partial charge in [-0.05, 0) is 25.3 Å². The second-order valence-corrected chi connectivity index (χ2v) is 4.42. The Morgan fingerprint density at radius 1 is 1.31 bits per heavy atom. The van der Waals surface area contributed by atoms with E-state index in [1.54, 1.807) is 0 Å². The lowest BCUT2D eigenvalue weighted by atomic mass is 10.2. The van der Waals surface area contributed by atoms with Crippen LogP contribution in [0, 0.1) is 6.92 Å². The SMILES string of the molecule is Cc1cnc(N(CCO)C2CCCC2)nc1. The molecule has 1 fully saturated rings. The summed E-state index contributed by atoms with van der Waals surface area (Å²) in [7, 11) is 0. The molecule has 0 bridgehead atoms. The van der Waals surface area contributed by atoms with E-state index in [1.807, 2.05) is 19.3 Å². The van der Waals surface area contributed by atoms with Crippen LogP contribution >= 0.6 is 0 Å². The largest absolute Gasteiger partial charge is 0.395 e. The van der Waals surface area contributed by atoms with Crippen molar-refractivity contribution in [3.8, 4) is 0 Å². The Kier molecular flexibility index (Phi) is 3.72. The predicted octanol–water partition coefficient (Wildman–Crippen LogP) is 1.53. The van der Waals surface area contributed by atoms with Gasteiger partial charge in [0.15, 0.2) is 0 Å². The summed E-state index contributed by atoms with van der Waals surface area (Å²) < 4.78 is 0. The molecule has 2 rings (SSSR count). The van der Waals surface area contributed by atoms with Gasteiger partial charge in [-0.2, -0.15) is 0 Å². The molecule has 1 aliphatic carbocycles. The number of aryl methyl sites for hydroxylation is 1. The number of hydrogen-bond acceptors (Lipinski definition) is 4. The average molecular weight is 221 g/mol. The minimum Gasteiger partial charge on any atom is -0.395 e. The lowest BCUT2D eigenvalue weighted by molar-refractivity contribution is 0.296. The number of rotatable bonds is 4. The Bertz CT molecular complexity index is 320. The molecule has 88 valence electrons. The van der Waals surface area contributed by atoms with Gasteiger partial charge in [0.1, 0.15) is 0 Å². The lowest BCUT2D eigenvalue weighted by Gasteiger charge is -2.28. The van der Waals surface area contributed by atoms with Crippen molar-refractivity contribution in [3.05, 3.63) is 18.0 Å².